The van der Waals surface area contributed by atoms with Gasteiger partial charge in [0.2, 0.25) is 0 Å². The minimum Gasteiger partial charge on any atom is -0.478 e. The van der Waals surface area contributed by atoms with Crippen molar-refractivity contribution in [3.63, 3.8) is 0 Å². The summed E-state index contributed by atoms with van der Waals surface area (Å²) in [4.78, 5) is 23.7. The number of carbonyl (C=O) groups excluding carboxylic acids is 1. The summed E-state index contributed by atoms with van der Waals surface area (Å²) in [6.45, 7) is 4.62. The Balaban J connectivity index is 1.45. The van der Waals surface area contributed by atoms with Gasteiger partial charge >= 0.3 is 5.97 Å². The van der Waals surface area contributed by atoms with E-state index >= 15 is 0 Å². The summed E-state index contributed by atoms with van der Waals surface area (Å²) in [5.41, 5.74) is 0.189. The van der Waals surface area contributed by atoms with Gasteiger partial charge in [-0.05, 0) is 92.7 Å². The molecule has 0 radical (unpaired) electrons. The summed E-state index contributed by atoms with van der Waals surface area (Å²) in [7, 11) is 0. The van der Waals surface area contributed by atoms with Crippen molar-refractivity contribution in [1.82, 2.24) is 0 Å². The van der Waals surface area contributed by atoms with Gasteiger partial charge in [-0.3, -0.25) is 4.79 Å². The lowest BCUT2D eigenvalue weighted by atomic mass is 9.69. The first-order valence-electron chi connectivity index (χ1n) is 12.0. The van der Waals surface area contributed by atoms with E-state index in [2.05, 4.69) is 6.92 Å². The van der Waals surface area contributed by atoms with Gasteiger partial charge in [-0.25, -0.2) is 9.18 Å². The molecule has 3 fully saturated rings. The Morgan fingerprint density at radius 1 is 1.10 bits per heavy atom. The molecular formula is C26H35FO4. The predicted octanol–water partition coefficient (Wildman–Crippen LogP) is 5.99. The van der Waals surface area contributed by atoms with Crippen molar-refractivity contribution < 1.29 is 23.8 Å². The molecule has 1 aromatic rings. The summed E-state index contributed by atoms with van der Waals surface area (Å²) in [6, 6.07) is 4.60. The molecule has 1 aromatic carbocycles. The van der Waals surface area contributed by atoms with E-state index in [9.17, 15) is 19.1 Å². The van der Waals surface area contributed by atoms with Crippen LogP contribution < -0.4 is 0 Å². The number of hydrogen-bond donors (Lipinski definition) is 1. The topological polar surface area (TPSA) is 63.6 Å². The van der Waals surface area contributed by atoms with Crippen LogP contribution in [-0.2, 0) is 9.53 Å². The van der Waals surface area contributed by atoms with Gasteiger partial charge in [0.25, 0.3) is 0 Å². The summed E-state index contributed by atoms with van der Waals surface area (Å²) < 4.78 is 20.2. The quantitative estimate of drug-likeness (QED) is 0.623. The molecule has 3 aliphatic rings. The van der Waals surface area contributed by atoms with Gasteiger partial charge in [-0.15, -0.1) is 0 Å². The molecule has 4 rings (SSSR count). The lowest BCUT2D eigenvalue weighted by molar-refractivity contribution is -0.161. The van der Waals surface area contributed by atoms with Gasteiger partial charge < -0.3 is 9.84 Å². The molecule has 5 atom stereocenters. The van der Waals surface area contributed by atoms with Crippen LogP contribution >= 0.6 is 0 Å². The van der Waals surface area contributed by atoms with Crippen LogP contribution in [0, 0.1) is 29.5 Å². The number of rotatable bonds is 5. The van der Waals surface area contributed by atoms with E-state index in [1.807, 2.05) is 0 Å². The van der Waals surface area contributed by atoms with Crippen LogP contribution in [0.4, 0.5) is 4.39 Å². The number of halogens is 1. The molecule has 170 valence electrons. The Morgan fingerprint density at radius 3 is 2.45 bits per heavy atom. The average Bonchev–Trinajstić information content (AvgIpc) is 3.57. The Labute approximate surface area is 184 Å². The lowest BCUT2D eigenvalue weighted by Gasteiger charge is -2.43. The molecule has 4 nitrogen and oxygen atoms in total. The van der Waals surface area contributed by atoms with Gasteiger partial charge in [0, 0.05) is 0 Å². The number of carboxylic acid groups (broad SMARTS) is 1. The monoisotopic (exact) mass is 430 g/mol. The Bertz CT molecular complexity index is 823. The lowest BCUT2D eigenvalue weighted by Crippen LogP contribution is -2.48. The van der Waals surface area contributed by atoms with Crippen LogP contribution in [0.5, 0.6) is 0 Å². The van der Waals surface area contributed by atoms with Crippen molar-refractivity contribution in [3.05, 3.63) is 35.1 Å². The fraction of sp³-hybridized carbons (Fsp3) is 0.692. The minimum absolute atomic E-state index is 0.199. The van der Waals surface area contributed by atoms with Gasteiger partial charge in [0.1, 0.15) is 11.4 Å². The van der Waals surface area contributed by atoms with Gasteiger partial charge in [-0.2, -0.15) is 0 Å². The van der Waals surface area contributed by atoms with Crippen LogP contribution in [0.2, 0.25) is 0 Å². The standard InChI is InChI=1S/C26H35FO4/c1-16-13-18(20-11-12-26(17(2)28,31-15-20)21-8-9-21)5-3-4-6-22(16)19-7-10-24(27)23(14-19)25(29)30/h7,10,14,16,18,20-22H,3-6,8-9,11-13,15H2,1-2H3,(H,29,30)/t16?,18?,20?,22-,26+/m0/s1. The van der Waals surface area contributed by atoms with Crippen LogP contribution in [0.15, 0.2) is 18.2 Å². The first kappa shape index (κ1) is 22.4. The average molecular weight is 431 g/mol. The second-order valence-electron chi connectivity index (χ2n) is 10.2. The number of ether oxygens (including phenoxy) is 1. The maximum Gasteiger partial charge on any atom is 0.338 e. The molecule has 0 bridgehead atoms. The van der Waals surface area contributed by atoms with E-state index in [0.29, 0.717) is 30.3 Å². The summed E-state index contributed by atoms with van der Waals surface area (Å²) >= 11 is 0. The third-order valence-corrected chi connectivity index (χ3v) is 8.29. The Morgan fingerprint density at radius 2 is 1.84 bits per heavy atom. The number of aromatic carboxylic acids is 1. The number of carbonyl (C=O) groups is 2. The van der Waals surface area contributed by atoms with Crippen molar-refractivity contribution in [1.29, 1.82) is 0 Å². The zero-order valence-electron chi connectivity index (χ0n) is 18.7. The zero-order chi connectivity index (χ0) is 22.2. The molecule has 2 saturated carbocycles. The molecule has 1 heterocycles. The fourth-order valence-electron chi connectivity index (χ4n) is 6.30. The number of ketones is 1. The largest absolute Gasteiger partial charge is 0.478 e. The van der Waals surface area contributed by atoms with Crippen molar-refractivity contribution in [2.24, 2.45) is 23.7 Å². The smallest absolute Gasteiger partial charge is 0.338 e. The van der Waals surface area contributed by atoms with Gasteiger partial charge in [0.05, 0.1) is 12.2 Å². The van der Waals surface area contributed by atoms with Crippen LogP contribution in [0.25, 0.3) is 0 Å². The van der Waals surface area contributed by atoms with Gasteiger partial charge in [0.15, 0.2) is 5.78 Å². The Hall–Kier alpha value is -1.75. The molecule has 3 unspecified atom stereocenters. The number of carboxylic acids is 1. The summed E-state index contributed by atoms with van der Waals surface area (Å²) in [6.07, 6.45) is 9.64. The molecule has 5 heteroatoms. The van der Waals surface area contributed by atoms with E-state index in [1.54, 1.807) is 13.0 Å². The maximum atomic E-state index is 13.9. The highest BCUT2D eigenvalue weighted by atomic mass is 19.1. The predicted molar refractivity (Wildman–Crippen MR) is 117 cm³/mol. The SMILES string of the molecule is CC(=O)[C@@]1(C2CC2)CCC(C2CCCC[C@H](c3ccc(F)c(C(=O)O)c3)C(C)C2)CO1. The zero-order valence-corrected chi connectivity index (χ0v) is 18.7. The molecule has 2 aliphatic carbocycles. The number of benzene rings is 1. The Kier molecular flexibility index (Phi) is 6.52. The highest BCUT2D eigenvalue weighted by molar-refractivity contribution is 5.88. The maximum absolute atomic E-state index is 13.9. The number of Topliss-reactive ketones (excluding diaryl/α,β-unsaturated/α-hetero) is 1. The van der Waals surface area contributed by atoms with Crippen molar-refractivity contribution in [2.75, 3.05) is 6.61 Å². The second kappa shape index (κ2) is 9.01. The molecule has 0 spiro atoms. The molecule has 31 heavy (non-hydrogen) atoms. The van der Waals surface area contributed by atoms with E-state index < -0.39 is 17.4 Å². The molecule has 0 amide bonds. The summed E-state index contributed by atoms with van der Waals surface area (Å²) in [5.74, 6) is 0.417. The first-order chi connectivity index (χ1) is 14.8. The highest BCUT2D eigenvalue weighted by Gasteiger charge is 2.52. The third-order valence-electron chi connectivity index (χ3n) is 8.29. The van der Waals surface area contributed by atoms with Gasteiger partial charge in [-0.1, -0.05) is 32.3 Å². The molecule has 0 aromatic heterocycles. The van der Waals surface area contributed by atoms with Crippen molar-refractivity contribution >= 4 is 11.8 Å². The van der Waals surface area contributed by atoms with Crippen molar-refractivity contribution in [3.8, 4) is 0 Å². The summed E-state index contributed by atoms with van der Waals surface area (Å²) in [5, 5.41) is 9.31. The highest BCUT2D eigenvalue weighted by Crippen LogP contribution is 2.50. The van der Waals surface area contributed by atoms with Crippen LogP contribution in [0.3, 0.4) is 0 Å². The van der Waals surface area contributed by atoms with Crippen LogP contribution in [0.1, 0.15) is 93.5 Å². The first-order valence-corrected chi connectivity index (χ1v) is 12.0. The van der Waals surface area contributed by atoms with Crippen LogP contribution in [-0.4, -0.2) is 29.1 Å². The van der Waals surface area contributed by atoms with E-state index in [4.69, 9.17) is 4.74 Å². The third kappa shape index (κ3) is 4.57. The second-order valence-corrected chi connectivity index (χ2v) is 10.2. The molecular weight excluding hydrogens is 395 g/mol. The molecule has 1 saturated heterocycles. The van der Waals surface area contributed by atoms with Crippen molar-refractivity contribution in [2.45, 2.75) is 83.2 Å². The minimum atomic E-state index is -1.21. The molecule has 1 N–H and O–H groups in total. The fourth-order valence-corrected chi connectivity index (χ4v) is 6.30. The molecule has 1 aliphatic heterocycles. The number of hydrogen-bond acceptors (Lipinski definition) is 3. The van der Waals surface area contributed by atoms with E-state index in [-0.39, 0.29) is 17.3 Å². The normalized spacial score (nSPS) is 34.5. The van der Waals surface area contributed by atoms with E-state index in [1.165, 1.54) is 18.6 Å². The van der Waals surface area contributed by atoms with E-state index in [0.717, 1.165) is 56.9 Å².